The number of fused-ring (bicyclic) bond motifs is 1. The molecule has 10 nitrogen and oxygen atoms in total. The van der Waals surface area contributed by atoms with E-state index in [1.165, 1.54) is 19.2 Å². The lowest BCUT2D eigenvalue weighted by Crippen LogP contribution is -2.39. The first-order valence-electron chi connectivity index (χ1n) is 13.4. The van der Waals surface area contributed by atoms with Crippen LogP contribution in [0, 0.1) is 0 Å². The number of amides is 2. The average molecular weight is 580 g/mol. The van der Waals surface area contributed by atoms with Gasteiger partial charge in [0.1, 0.15) is 35.0 Å². The van der Waals surface area contributed by atoms with E-state index in [1.807, 2.05) is 0 Å². The molecule has 12 heteroatoms. The van der Waals surface area contributed by atoms with Crippen LogP contribution in [0.2, 0.25) is 0 Å². The topological polar surface area (TPSA) is 151 Å². The van der Waals surface area contributed by atoms with Crippen LogP contribution in [-0.2, 0) is 16.6 Å². The lowest BCUT2D eigenvalue weighted by atomic mass is 9.83. The fourth-order valence-electron chi connectivity index (χ4n) is 4.65. The third-order valence-corrected chi connectivity index (χ3v) is 7.30. The Labute approximate surface area is 241 Å². The van der Waals surface area contributed by atoms with Gasteiger partial charge >= 0.3 is 6.61 Å². The van der Waals surface area contributed by atoms with Gasteiger partial charge < -0.3 is 31.0 Å². The summed E-state index contributed by atoms with van der Waals surface area (Å²) in [5, 5.41) is 2.88. The maximum absolute atomic E-state index is 13.1. The fourth-order valence-corrected chi connectivity index (χ4v) is 4.65. The Morgan fingerprint density at radius 1 is 1.26 bits per heavy atom. The van der Waals surface area contributed by atoms with E-state index in [1.54, 1.807) is 43.5 Å². The minimum atomic E-state index is -2.99. The number of pyridine rings is 1. The molecule has 3 aromatic rings. The number of carbonyl (C=O) groups excluding carboxylic acids is 2. The maximum Gasteiger partial charge on any atom is 0.387 e. The molecule has 0 saturated heterocycles. The summed E-state index contributed by atoms with van der Waals surface area (Å²) >= 11 is 0. The minimum absolute atomic E-state index is 0.00507. The maximum atomic E-state index is 13.1. The fraction of sp³-hybridized carbons (Fsp3) is 0.333. The molecule has 0 unspecified atom stereocenters. The predicted octanol–water partition coefficient (Wildman–Crippen LogP) is 3.63. The zero-order chi connectivity index (χ0) is 30.0. The molecule has 5 rings (SSSR count). The quantitative estimate of drug-likeness (QED) is 0.232. The Hall–Kier alpha value is -4.74. The number of aromatic nitrogens is 1. The number of carbonyl (C=O) groups is 2. The Morgan fingerprint density at radius 3 is 2.74 bits per heavy atom. The van der Waals surface area contributed by atoms with Crippen LogP contribution < -0.4 is 31.0 Å². The van der Waals surface area contributed by atoms with Crippen LogP contribution in [0.1, 0.15) is 46.9 Å². The van der Waals surface area contributed by atoms with Gasteiger partial charge in [0.05, 0.1) is 18.8 Å². The van der Waals surface area contributed by atoms with E-state index in [0.717, 1.165) is 12.8 Å². The van der Waals surface area contributed by atoms with Gasteiger partial charge in [-0.15, -0.1) is 0 Å². The molecule has 42 heavy (non-hydrogen) atoms. The highest BCUT2D eigenvalue weighted by Crippen LogP contribution is 2.44. The molecular formula is C30H31F2N5O5. The summed E-state index contributed by atoms with van der Waals surface area (Å²) < 4.78 is 41.5. The van der Waals surface area contributed by atoms with Crippen LogP contribution in [0.4, 0.5) is 14.5 Å². The van der Waals surface area contributed by atoms with Gasteiger partial charge in [0.2, 0.25) is 5.91 Å². The highest BCUT2D eigenvalue weighted by molar-refractivity contribution is 5.99. The normalized spacial score (nSPS) is 17.6. The number of nitrogens with one attached hydrogen (secondary N) is 1. The van der Waals surface area contributed by atoms with Crippen molar-refractivity contribution in [2.75, 3.05) is 26.0 Å². The summed E-state index contributed by atoms with van der Waals surface area (Å²) in [5.41, 5.74) is 14.0. The van der Waals surface area contributed by atoms with Crippen molar-refractivity contribution in [3.63, 3.8) is 0 Å². The van der Waals surface area contributed by atoms with Crippen LogP contribution in [0.15, 0.2) is 47.5 Å². The Morgan fingerprint density at radius 2 is 2.05 bits per heavy atom. The SMILES string of the molecule is COc1cc(C(=O)NCCc2cc3c(c(-c4cccc(OC(F)F)c4)n2)OC[C@]3(C)C(N)=O)cc(C=NC2CC2)c1N. The van der Waals surface area contributed by atoms with Crippen molar-refractivity contribution in [2.45, 2.75) is 44.3 Å². The lowest BCUT2D eigenvalue weighted by Gasteiger charge is -2.19. The number of nitrogen functional groups attached to an aromatic ring is 1. The number of nitrogens with zero attached hydrogens (tertiary/aromatic N) is 2. The number of nitrogens with two attached hydrogens (primary N) is 2. The molecule has 0 radical (unpaired) electrons. The van der Waals surface area contributed by atoms with Crippen LogP contribution in [0.3, 0.4) is 0 Å². The summed E-state index contributed by atoms with van der Waals surface area (Å²) in [4.78, 5) is 34.7. The molecule has 0 spiro atoms. The average Bonchev–Trinajstić information content (AvgIpc) is 3.73. The second-order valence-corrected chi connectivity index (χ2v) is 10.4. The van der Waals surface area contributed by atoms with E-state index < -0.39 is 17.9 Å². The molecular weight excluding hydrogens is 548 g/mol. The van der Waals surface area contributed by atoms with Crippen molar-refractivity contribution >= 4 is 23.7 Å². The minimum Gasteiger partial charge on any atom is -0.495 e. The number of hydrogen-bond donors (Lipinski definition) is 3. The molecule has 1 aliphatic carbocycles. The molecule has 1 atom stereocenters. The zero-order valence-electron chi connectivity index (χ0n) is 23.2. The molecule has 1 saturated carbocycles. The number of benzene rings is 2. The number of anilines is 1. The van der Waals surface area contributed by atoms with Crippen LogP contribution >= 0.6 is 0 Å². The molecule has 2 amide bonds. The van der Waals surface area contributed by atoms with Gasteiger partial charge in [0, 0.05) is 47.1 Å². The molecule has 2 aromatic carbocycles. The van der Waals surface area contributed by atoms with Crippen molar-refractivity contribution in [3.05, 3.63) is 64.8 Å². The van der Waals surface area contributed by atoms with Gasteiger partial charge in [-0.3, -0.25) is 14.6 Å². The summed E-state index contributed by atoms with van der Waals surface area (Å²) in [6.07, 6.45) is 4.02. The monoisotopic (exact) mass is 579 g/mol. The molecule has 220 valence electrons. The van der Waals surface area contributed by atoms with Crippen molar-refractivity contribution in [1.29, 1.82) is 0 Å². The van der Waals surface area contributed by atoms with Gasteiger partial charge in [-0.05, 0) is 50.1 Å². The number of ether oxygens (including phenoxy) is 3. The van der Waals surface area contributed by atoms with E-state index in [9.17, 15) is 18.4 Å². The number of hydrogen-bond acceptors (Lipinski definition) is 8. The predicted molar refractivity (Wildman–Crippen MR) is 152 cm³/mol. The van der Waals surface area contributed by atoms with Crippen molar-refractivity contribution in [1.82, 2.24) is 10.3 Å². The van der Waals surface area contributed by atoms with E-state index in [0.29, 0.717) is 56.9 Å². The number of alkyl halides is 2. The van der Waals surface area contributed by atoms with Crippen LogP contribution in [-0.4, -0.2) is 55.9 Å². The van der Waals surface area contributed by atoms with Crippen molar-refractivity contribution < 1.29 is 32.6 Å². The Balaban J connectivity index is 1.39. The Kier molecular flexibility index (Phi) is 7.97. The van der Waals surface area contributed by atoms with Crippen LogP contribution in [0.5, 0.6) is 17.2 Å². The van der Waals surface area contributed by atoms with E-state index >= 15 is 0 Å². The second-order valence-electron chi connectivity index (χ2n) is 10.4. The molecule has 1 aliphatic heterocycles. The number of aliphatic imine (C=N–C) groups is 1. The molecule has 0 bridgehead atoms. The van der Waals surface area contributed by atoms with Gasteiger partial charge in [-0.25, -0.2) is 4.98 Å². The molecule has 5 N–H and O–H groups in total. The number of rotatable bonds is 11. The van der Waals surface area contributed by atoms with Gasteiger partial charge in [-0.2, -0.15) is 8.78 Å². The number of halogens is 2. The number of primary amides is 1. The zero-order valence-corrected chi connectivity index (χ0v) is 23.2. The first-order chi connectivity index (χ1) is 20.1. The lowest BCUT2D eigenvalue weighted by molar-refractivity contribution is -0.123. The smallest absolute Gasteiger partial charge is 0.387 e. The molecule has 2 aliphatic rings. The van der Waals surface area contributed by atoms with Crippen LogP contribution in [0.25, 0.3) is 11.3 Å². The number of methoxy groups -OCH3 is 1. The van der Waals surface area contributed by atoms with Crippen molar-refractivity contribution in [2.24, 2.45) is 10.7 Å². The van der Waals surface area contributed by atoms with E-state index in [-0.39, 0.29) is 31.2 Å². The Bertz CT molecular complexity index is 1560. The summed E-state index contributed by atoms with van der Waals surface area (Å²) in [6.45, 7) is -1.12. The van der Waals surface area contributed by atoms with E-state index in [4.69, 9.17) is 25.9 Å². The molecule has 2 heterocycles. The largest absolute Gasteiger partial charge is 0.495 e. The van der Waals surface area contributed by atoms with Gasteiger partial charge in [0.15, 0.2) is 0 Å². The van der Waals surface area contributed by atoms with Gasteiger partial charge in [-0.1, -0.05) is 12.1 Å². The van der Waals surface area contributed by atoms with Crippen molar-refractivity contribution in [3.8, 4) is 28.5 Å². The second kappa shape index (κ2) is 11.6. The van der Waals surface area contributed by atoms with Gasteiger partial charge in [0.25, 0.3) is 5.91 Å². The summed E-state index contributed by atoms with van der Waals surface area (Å²) in [6, 6.07) is 11.3. The highest BCUT2D eigenvalue weighted by atomic mass is 19.3. The molecule has 1 aromatic heterocycles. The highest BCUT2D eigenvalue weighted by Gasteiger charge is 2.43. The first-order valence-corrected chi connectivity index (χ1v) is 13.4. The third-order valence-electron chi connectivity index (χ3n) is 7.30. The van der Waals surface area contributed by atoms with E-state index in [2.05, 4.69) is 15.0 Å². The summed E-state index contributed by atoms with van der Waals surface area (Å²) in [5.74, 6) is -0.267. The summed E-state index contributed by atoms with van der Waals surface area (Å²) in [7, 11) is 1.48. The first kappa shape index (κ1) is 28.8. The third kappa shape index (κ3) is 5.97. The molecule has 1 fully saturated rings. The standard InChI is InChI=1S/C30H31F2N5O5/c1-30(28(34)39)15-41-26-22(30)13-20(37-25(26)16-4-3-5-21(11-16)42-29(31)32)8-9-35-27(38)17-10-18(14-36-19-6-7-19)24(33)23(12-17)40-2/h3-5,10-14,19,29H,6-9,15,33H2,1-2H3,(H2,34,39)(H,35,38)/t30-/m0/s1.